The first-order chi connectivity index (χ1) is 13.0. The number of halogens is 2. The van der Waals surface area contributed by atoms with Crippen molar-refractivity contribution in [2.24, 2.45) is 0 Å². The van der Waals surface area contributed by atoms with Crippen LogP contribution in [-0.4, -0.2) is 28.6 Å². The first kappa shape index (κ1) is 18.9. The highest BCUT2D eigenvalue weighted by molar-refractivity contribution is 6.42. The van der Waals surface area contributed by atoms with Gasteiger partial charge < -0.3 is 14.6 Å². The summed E-state index contributed by atoms with van der Waals surface area (Å²) in [6.07, 6.45) is 0. The van der Waals surface area contributed by atoms with Crippen LogP contribution >= 0.6 is 23.2 Å². The Labute approximate surface area is 164 Å². The second kappa shape index (κ2) is 8.66. The van der Waals surface area contributed by atoms with Crippen molar-refractivity contribution in [3.05, 3.63) is 70.0 Å². The van der Waals surface area contributed by atoms with Crippen LogP contribution in [0.5, 0.6) is 0 Å². The van der Waals surface area contributed by atoms with E-state index in [-0.39, 0.29) is 29.6 Å². The van der Waals surface area contributed by atoms with Gasteiger partial charge in [-0.05, 0) is 18.2 Å². The van der Waals surface area contributed by atoms with Crippen LogP contribution in [0, 0.1) is 0 Å². The van der Waals surface area contributed by atoms with Crippen molar-refractivity contribution in [2.45, 2.75) is 6.61 Å². The predicted molar refractivity (Wildman–Crippen MR) is 98.3 cm³/mol. The standard InChI is InChI=1S/C18H13Cl2N3O4/c19-13-7-6-12(8-14(13)20)18(25)21-9-16(24)26-10-15-22-17(23-27-15)11-4-2-1-3-5-11/h1-8H,9-10H2,(H,21,25). The molecule has 0 fully saturated rings. The number of hydrogen-bond acceptors (Lipinski definition) is 6. The van der Waals surface area contributed by atoms with Gasteiger partial charge >= 0.3 is 5.97 Å². The van der Waals surface area contributed by atoms with Crippen molar-refractivity contribution < 1.29 is 18.8 Å². The summed E-state index contributed by atoms with van der Waals surface area (Å²) in [6, 6.07) is 13.6. The summed E-state index contributed by atoms with van der Waals surface area (Å²) in [5.41, 5.74) is 1.06. The Hall–Kier alpha value is -2.90. The molecular formula is C18H13Cl2N3O4. The maximum absolute atomic E-state index is 12.0. The van der Waals surface area contributed by atoms with E-state index in [2.05, 4.69) is 15.5 Å². The van der Waals surface area contributed by atoms with E-state index in [0.29, 0.717) is 10.8 Å². The fourth-order valence-electron chi connectivity index (χ4n) is 2.10. The van der Waals surface area contributed by atoms with Gasteiger partial charge in [0, 0.05) is 11.1 Å². The number of aromatic nitrogens is 2. The van der Waals surface area contributed by atoms with Crippen molar-refractivity contribution in [2.75, 3.05) is 6.54 Å². The van der Waals surface area contributed by atoms with E-state index in [0.717, 1.165) is 5.56 Å². The molecule has 2 aromatic carbocycles. The molecule has 0 bridgehead atoms. The molecule has 1 amide bonds. The third-order valence-corrected chi connectivity index (χ3v) is 4.17. The first-order valence-electron chi connectivity index (χ1n) is 7.80. The lowest BCUT2D eigenvalue weighted by Gasteiger charge is -2.06. The molecule has 3 aromatic rings. The smallest absolute Gasteiger partial charge is 0.325 e. The highest BCUT2D eigenvalue weighted by atomic mass is 35.5. The Morgan fingerprint density at radius 1 is 1.07 bits per heavy atom. The van der Waals surface area contributed by atoms with Gasteiger partial charge in [-0.2, -0.15) is 4.98 Å². The lowest BCUT2D eigenvalue weighted by Crippen LogP contribution is -2.30. The fraction of sp³-hybridized carbons (Fsp3) is 0.111. The van der Waals surface area contributed by atoms with E-state index in [1.807, 2.05) is 30.3 Å². The van der Waals surface area contributed by atoms with Crippen LogP contribution in [0.25, 0.3) is 11.4 Å². The van der Waals surface area contributed by atoms with Crippen LogP contribution in [0.15, 0.2) is 53.1 Å². The lowest BCUT2D eigenvalue weighted by atomic mass is 10.2. The van der Waals surface area contributed by atoms with Crippen molar-refractivity contribution in [1.82, 2.24) is 15.5 Å². The summed E-state index contributed by atoms with van der Waals surface area (Å²) in [7, 11) is 0. The molecule has 0 spiro atoms. The summed E-state index contributed by atoms with van der Waals surface area (Å²) in [4.78, 5) is 27.9. The van der Waals surface area contributed by atoms with Crippen LogP contribution < -0.4 is 5.32 Å². The third kappa shape index (κ3) is 5.06. The minimum absolute atomic E-state index is 0.151. The Morgan fingerprint density at radius 2 is 1.85 bits per heavy atom. The van der Waals surface area contributed by atoms with Gasteiger partial charge in [0.1, 0.15) is 6.54 Å². The summed E-state index contributed by atoms with van der Waals surface area (Å²) < 4.78 is 10.0. The molecule has 0 aliphatic rings. The number of carbonyl (C=O) groups excluding carboxylic acids is 2. The number of amides is 1. The molecule has 1 heterocycles. The van der Waals surface area contributed by atoms with Gasteiger partial charge in [0.05, 0.1) is 10.0 Å². The van der Waals surface area contributed by atoms with E-state index in [1.165, 1.54) is 18.2 Å². The Kier molecular flexibility index (Phi) is 6.05. The molecule has 1 aromatic heterocycles. The van der Waals surface area contributed by atoms with Crippen molar-refractivity contribution in [3.8, 4) is 11.4 Å². The largest absolute Gasteiger partial charge is 0.454 e. The SMILES string of the molecule is O=C(CNC(=O)c1ccc(Cl)c(Cl)c1)OCc1nc(-c2ccccc2)no1. The van der Waals surface area contributed by atoms with E-state index in [4.69, 9.17) is 32.5 Å². The zero-order valence-corrected chi connectivity index (χ0v) is 15.3. The van der Waals surface area contributed by atoms with Gasteiger partial charge in [-0.25, -0.2) is 0 Å². The van der Waals surface area contributed by atoms with Gasteiger partial charge in [-0.3, -0.25) is 9.59 Å². The molecule has 7 nitrogen and oxygen atoms in total. The van der Waals surface area contributed by atoms with Gasteiger partial charge in [-0.1, -0.05) is 58.7 Å². The van der Waals surface area contributed by atoms with Gasteiger partial charge in [-0.15, -0.1) is 0 Å². The zero-order chi connectivity index (χ0) is 19.2. The number of benzene rings is 2. The van der Waals surface area contributed by atoms with Gasteiger partial charge in [0.2, 0.25) is 5.82 Å². The lowest BCUT2D eigenvalue weighted by molar-refractivity contribution is -0.144. The van der Waals surface area contributed by atoms with Gasteiger partial charge in [0.25, 0.3) is 11.8 Å². The molecule has 0 aliphatic carbocycles. The Morgan fingerprint density at radius 3 is 2.59 bits per heavy atom. The van der Waals surface area contributed by atoms with Crippen molar-refractivity contribution >= 4 is 35.1 Å². The highest BCUT2D eigenvalue weighted by Gasteiger charge is 2.13. The third-order valence-electron chi connectivity index (χ3n) is 3.43. The van der Waals surface area contributed by atoms with Crippen molar-refractivity contribution in [3.63, 3.8) is 0 Å². The van der Waals surface area contributed by atoms with Crippen LogP contribution in [0.1, 0.15) is 16.2 Å². The zero-order valence-electron chi connectivity index (χ0n) is 13.8. The second-order valence-corrected chi connectivity index (χ2v) is 6.16. The van der Waals surface area contributed by atoms with Crippen molar-refractivity contribution in [1.29, 1.82) is 0 Å². The molecule has 138 valence electrons. The summed E-state index contributed by atoms with van der Waals surface area (Å²) in [5.74, 6) is -0.579. The van der Waals surface area contributed by atoms with Crippen LogP contribution in [0.3, 0.4) is 0 Å². The second-order valence-electron chi connectivity index (χ2n) is 5.35. The van der Waals surface area contributed by atoms with Gasteiger partial charge in [0.15, 0.2) is 6.61 Å². The maximum Gasteiger partial charge on any atom is 0.325 e. The number of ether oxygens (including phenoxy) is 1. The number of rotatable bonds is 6. The Bertz CT molecular complexity index is 960. The highest BCUT2D eigenvalue weighted by Crippen LogP contribution is 2.22. The molecule has 0 atom stereocenters. The molecule has 1 N–H and O–H groups in total. The molecule has 0 saturated carbocycles. The quantitative estimate of drug-likeness (QED) is 0.630. The summed E-state index contributed by atoms with van der Waals surface area (Å²) in [5, 5.41) is 6.84. The number of esters is 1. The average molecular weight is 406 g/mol. The van der Waals surface area contributed by atoms with E-state index in [9.17, 15) is 9.59 Å². The molecule has 0 saturated heterocycles. The summed E-state index contributed by atoms with van der Waals surface area (Å²) in [6.45, 7) is -0.514. The van der Waals surface area contributed by atoms with E-state index in [1.54, 1.807) is 0 Å². The number of hydrogen-bond donors (Lipinski definition) is 1. The van der Waals surface area contributed by atoms with Crippen LogP contribution in [0.2, 0.25) is 10.0 Å². The number of nitrogens with zero attached hydrogens (tertiary/aromatic N) is 2. The topological polar surface area (TPSA) is 94.3 Å². The molecule has 9 heteroatoms. The van der Waals surface area contributed by atoms with E-state index < -0.39 is 11.9 Å². The summed E-state index contributed by atoms with van der Waals surface area (Å²) >= 11 is 11.7. The minimum Gasteiger partial charge on any atom is -0.454 e. The Balaban J connectivity index is 1.48. The average Bonchev–Trinajstić information content (AvgIpc) is 3.16. The van der Waals surface area contributed by atoms with Crippen LogP contribution in [-0.2, 0) is 16.1 Å². The monoisotopic (exact) mass is 405 g/mol. The molecule has 0 aliphatic heterocycles. The van der Waals surface area contributed by atoms with E-state index >= 15 is 0 Å². The molecule has 27 heavy (non-hydrogen) atoms. The molecular weight excluding hydrogens is 393 g/mol. The van der Waals surface area contributed by atoms with Crippen LogP contribution in [0.4, 0.5) is 0 Å². The number of nitrogens with one attached hydrogen (secondary N) is 1. The molecule has 3 rings (SSSR count). The molecule has 0 unspecified atom stereocenters. The maximum atomic E-state index is 12.0. The number of carbonyl (C=O) groups is 2. The minimum atomic E-state index is -0.650. The predicted octanol–water partition coefficient (Wildman–Crippen LogP) is 3.52. The first-order valence-corrected chi connectivity index (χ1v) is 8.55. The fourth-order valence-corrected chi connectivity index (χ4v) is 2.40. The normalized spacial score (nSPS) is 10.4. The molecule has 0 radical (unpaired) electrons.